The van der Waals surface area contributed by atoms with Crippen LogP contribution < -0.4 is 4.90 Å². The highest BCUT2D eigenvalue weighted by atomic mass is 32.2. The highest BCUT2D eigenvalue weighted by Crippen LogP contribution is 2.35. The van der Waals surface area contributed by atoms with E-state index in [1.54, 1.807) is 32.0 Å². The number of hydrogen-bond acceptors (Lipinski definition) is 5. The molecule has 140 valence electrons. The normalized spacial score (nSPS) is 15.9. The number of anilines is 1. The van der Waals surface area contributed by atoms with Crippen LogP contribution in [0.2, 0.25) is 0 Å². The Morgan fingerprint density at radius 1 is 1.04 bits per heavy atom. The summed E-state index contributed by atoms with van der Waals surface area (Å²) in [4.78, 5) is 13.5. The van der Waals surface area contributed by atoms with Crippen molar-refractivity contribution in [1.82, 2.24) is 0 Å². The second kappa shape index (κ2) is 7.66. The molecule has 1 aliphatic heterocycles. The highest BCUT2D eigenvalue weighted by molar-refractivity contribution is 7.92. The van der Waals surface area contributed by atoms with Crippen molar-refractivity contribution >= 4 is 21.8 Å². The van der Waals surface area contributed by atoms with Gasteiger partial charge in [-0.05, 0) is 57.0 Å². The molecule has 2 heterocycles. The van der Waals surface area contributed by atoms with Crippen LogP contribution in [0.1, 0.15) is 50.1 Å². The number of nitrogens with zero attached hydrogens (tertiary/aromatic N) is 1. The third-order valence-electron chi connectivity index (χ3n) is 4.87. The zero-order chi connectivity index (χ0) is 18.7. The Bertz CT molecular complexity index is 875. The SMILES string of the molecule is CC(C)S(=O)(=O)c1ccc(N2CCCCCC2)cc1-c1ccc(C=O)o1. The maximum atomic E-state index is 12.8. The van der Waals surface area contributed by atoms with Gasteiger partial charge in [-0.15, -0.1) is 0 Å². The molecule has 6 heteroatoms. The molecule has 1 saturated heterocycles. The smallest absolute Gasteiger partial charge is 0.185 e. The molecule has 0 saturated carbocycles. The van der Waals surface area contributed by atoms with Gasteiger partial charge in [0.2, 0.25) is 0 Å². The van der Waals surface area contributed by atoms with Crippen LogP contribution in [0.5, 0.6) is 0 Å². The van der Waals surface area contributed by atoms with Gasteiger partial charge in [0.15, 0.2) is 21.9 Å². The molecule has 3 rings (SSSR count). The highest BCUT2D eigenvalue weighted by Gasteiger charge is 2.26. The predicted octanol–water partition coefficient (Wildman–Crippen LogP) is 4.32. The molecule has 0 unspecified atom stereocenters. The van der Waals surface area contributed by atoms with Gasteiger partial charge in [0.05, 0.1) is 10.1 Å². The van der Waals surface area contributed by atoms with E-state index in [0.717, 1.165) is 31.6 Å². The fraction of sp³-hybridized carbons (Fsp3) is 0.450. The third-order valence-corrected chi connectivity index (χ3v) is 7.08. The van der Waals surface area contributed by atoms with Gasteiger partial charge in [-0.3, -0.25) is 4.79 Å². The maximum Gasteiger partial charge on any atom is 0.185 e. The van der Waals surface area contributed by atoms with Gasteiger partial charge in [0.25, 0.3) is 0 Å². The fourth-order valence-corrected chi connectivity index (χ4v) is 4.53. The van der Waals surface area contributed by atoms with Crippen LogP contribution in [-0.4, -0.2) is 33.0 Å². The first-order chi connectivity index (χ1) is 12.4. The number of benzene rings is 1. The van der Waals surface area contributed by atoms with Crippen molar-refractivity contribution < 1.29 is 17.6 Å². The molecule has 0 bridgehead atoms. The zero-order valence-electron chi connectivity index (χ0n) is 15.3. The average molecular weight is 375 g/mol. The van der Waals surface area contributed by atoms with Gasteiger partial charge < -0.3 is 9.32 Å². The third kappa shape index (κ3) is 3.70. The largest absolute Gasteiger partial charge is 0.453 e. The number of carbonyl (C=O) groups excluding carboxylic acids is 1. The van der Waals surface area contributed by atoms with Crippen LogP contribution in [0.25, 0.3) is 11.3 Å². The molecule has 1 aromatic carbocycles. The van der Waals surface area contributed by atoms with Crippen LogP contribution in [0.4, 0.5) is 5.69 Å². The van der Waals surface area contributed by atoms with Crippen LogP contribution in [0, 0.1) is 0 Å². The first-order valence-electron chi connectivity index (χ1n) is 9.12. The van der Waals surface area contributed by atoms with Crippen LogP contribution in [0.3, 0.4) is 0 Å². The van der Waals surface area contributed by atoms with E-state index in [2.05, 4.69) is 4.90 Å². The van der Waals surface area contributed by atoms with Crippen molar-refractivity contribution in [3.63, 3.8) is 0 Å². The molecule has 1 fully saturated rings. The van der Waals surface area contributed by atoms with E-state index < -0.39 is 15.1 Å². The molecular weight excluding hydrogens is 350 g/mol. The monoisotopic (exact) mass is 375 g/mol. The van der Waals surface area contributed by atoms with E-state index in [-0.39, 0.29) is 10.7 Å². The van der Waals surface area contributed by atoms with Crippen molar-refractivity contribution in [2.45, 2.75) is 49.7 Å². The number of carbonyl (C=O) groups is 1. The minimum absolute atomic E-state index is 0.188. The number of furan rings is 1. The van der Waals surface area contributed by atoms with Gasteiger partial charge in [-0.2, -0.15) is 0 Å². The molecule has 1 aliphatic rings. The Kier molecular flexibility index (Phi) is 5.51. The topological polar surface area (TPSA) is 67.6 Å². The minimum Gasteiger partial charge on any atom is -0.453 e. The molecule has 0 aliphatic carbocycles. The van der Waals surface area contributed by atoms with Crippen molar-refractivity contribution in [3.8, 4) is 11.3 Å². The summed E-state index contributed by atoms with van der Waals surface area (Å²) in [6.45, 7) is 5.27. The standard InChI is InChI=1S/C20H25NO4S/c1-15(2)26(23,24)20-10-7-16(21-11-5-3-4-6-12-21)13-18(20)19-9-8-17(14-22)25-19/h7-10,13-15H,3-6,11-12H2,1-2H3. The Hall–Kier alpha value is -2.08. The molecule has 2 aromatic rings. The summed E-state index contributed by atoms with van der Waals surface area (Å²) >= 11 is 0. The van der Waals surface area contributed by atoms with Crippen molar-refractivity contribution in [1.29, 1.82) is 0 Å². The lowest BCUT2D eigenvalue weighted by Crippen LogP contribution is -2.24. The number of hydrogen-bond donors (Lipinski definition) is 0. The van der Waals surface area contributed by atoms with Gasteiger partial charge in [-0.1, -0.05) is 12.8 Å². The van der Waals surface area contributed by atoms with Crippen molar-refractivity contribution in [2.24, 2.45) is 0 Å². The Balaban J connectivity index is 2.11. The Labute approximate surface area is 154 Å². The van der Waals surface area contributed by atoms with E-state index in [1.165, 1.54) is 12.8 Å². The molecule has 0 atom stereocenters. The molecule has 5 nitrogen and oxygen atoms in total. The number of rotatable bonds is 5. The molecule has 0 N–H and O–H groups in total. The van der Waals surface area contributed by atoms with E-state index in [0.29, 0.717) is 17.6 Å². The number of sulfone groups is 1. The van der Waals surface area contributed by atoms with Crippen molar-refractivity contribution in [2.75, 3.05) is 18.0 Å². The predicted molar refractivity (Wildman–Crippen MR) is 103 cm³/mol. The lowest BCUT2D eigenvalue weighted by atomic mass is 10.1. The van der Waals surface area contributed by atoms with E-state index in [1.807, 2.05) is 12.1 Å². The molecule has 26 heavy (non-hydrogen) atoms. The molecule has 0 radical (unpaired) electrons. The lowest BCUT2D eigenvalue weighted by molar-refractivity contribution is 0.110. The lowest BCUT2D eigenvalue weighted by Gasteiger charge is -2.24. The van der Waals surface area contributed by atoms with E-state index in [9.17, 15) is 13.2 Å². The summed E-state index contributed by atoms with van der Waals surface area (Å²) in [7, 11) is -3.47. The number of aldehydes is 1. The maximum absolute atomic E-state index is 12.8. The molecule has 0 amide bonds. The average Bonchev–Trinajstić information content (AvgIpc) is 2.95. The summed E-state index contributed by atoms with van der Waals surface area (Å²) in [5.41, 5.74) is 1.52. The van der Waals surface area contributed by atoms with E-state index in [4.69, 9.17) is 4.42 Å². The summed E-state index contributed by atoms with van der Waals surface area (Å²) in [6.07, 6.45) is 5.35. The minimum atomic E-state index is -3.47. The second-order valence-electron chi connectivity index (χ2n) is 7.00. The van der Waals surface area contributed by atoms with Crippen LogP contribution in [-0.2, 0) is 9.84 Å². The Morgan fingerprint density at radius 3 is 2.31 bits per heavy atom. The van der Waals surface area contributed by atoms with Crippen molar-refractivity contribution in [3.05, 3.63) is 36.1 Å². The zero-order valence-corrected chi connectivity index (χ0v) is 16.1. The van der Waals surface area contributed by atoms with E-state index >= 15 is 0 Å². The van der Waals surface area contributed by atoms with Gasteiger partial charge in [0.1, 0.15) is 5.76 Å². The molecule has 1 aromatic heterocycles. The quantitative estimate of drug-likeness (QED) is 0.728. The molecule has 0 spiro atoms. The summed E-state index contributed by atoms with van der Waals surface area (Å²) in [6, 6.07) is 8.66. The van der Waals surface area contributed by atoms with Gasteiger partial charge in [-0.25, -0.2) is 8.42 Å². The first-order valence-corrected chi connectivity index (χ1v) is 10.7. The second-order valence-corrected chi connectivity index (χ2v) is 9.47. The van der Waals surface area contributed by atoms with Gasteiger partial charge in [0, 0.05) is 24.3 Å². The first kappa shape index (κ1) is 18.7. The van der Waals surface area contributed by atoms with Gasteiger partial charge >= 0.3 is 0 Å². The fourth-order valence-electron chi connectivity index (χ4n) is 3.30. The summed E-state index contributed by atoms with van der Waals surface area (Å²) in [5, 5.41) is -0.536. The van der Waals surface area contributed by atoms with Crippen LogP contribution >= 0.6 is 0 Å². The Morgan fingerprint density at radius 2 is 1.73 bits per heavy atom. The summed E-state index contributed by atoms with van der Waals surface area (Å²) < 4.78 is 31.2. The summed E-state index contributed by atoms with van der Waals surface area (Å²) in [5.74, 6) is 0.594. The van der Waals surface area contributed by atoms with Crippen LogP contribution in [0.15, 0.2) is 39.6 Å². The molecular formula is C20H25NO4S.